The first-order valence-electron chi connectivity index (χ1n) is 9.16. The molecule has 2 amide bonds. The Bertz CT molecular complexity index is 669. The van der Waals surface area contributed by atoms with Crippen LogP contribution in [0.25, 0.3) is 0 Å². The molecule has 2 heterocycles. The van der Waals surface area contributed by atoms with Gasteiger partial charge in [-0.25, -0.2) is 0 Å². The van der Waals surface area contributed by atoms with Gasteiger partial charge in [0, 0.05) is 25.6 Å². The summed E-state index contributed by atoms with van der Waals surface area (Å²) < 4.78 is 10.7. The molecule has 25 heavy (non-hydrogen) atoms. The smallest absolute Gasteiger partial charge is 0.231 e. The van der Waals surface area contributed by atoms with Gasteiger partial charge in [0.25, 0.3) is 0 Å². The molecule has 0 radical (unpaired) electrons. The molecule has 1 atom stereocenters. The van der Waals surface area contributed by atoms with Gasteiger partial charge in [-0.15, -0.1) is 0 Å². The fourth-order valence-corrected chi connectivity index (χ4v) is 4.05. The highest BCUT2D eigenvalue weighted by atomic mass is 16.7. The van der Waals surface area contributed by atoms with E-state index in [1.165, 1.54) is 12.8 Å². The van der Waals surface area contributed by atoms with E-state index >= 15 is 0 Å². The average molecular weight is 344 g/mol. The van der Waals surface area contributed by atoms with Crippen molar-refractivity contribution in [3.63, 3.8) is 0 Å². The molecule has 2 fully saturated rings. The molecule has 1 aliphatic carbocycles. The van der Waals surface area contributed by atoms with E-state index in [0.29, 0.717) is 25.6 Å². The molecule has 1 aromatic carbocycles. The Kier molecular flexibility index (Phi) is 4.51. The molecular weight excluding hydrogens is 320 g/mol. The normalized spacial score (nSPS) is 22.6. The maximum absolute atomic E-state index is 12.4. The number of likely N-dealkylation sites (tertiary alicyclic amines) is 1. The van der Waals surface area contributed by atoms with E-state index in [-0.39, 0.29) is 24.5 Å². The Morgan fingerprint density at radius 3 is 2.84 bits per heavy atom. The highest BCUT2D eigenvalue weighted by Gasteiger charge is 2.38. The molecule has 0 aromatic heterocycles. The summed E-state index contributed by atoms with van der Waals surface area (Å²) in [6.45, 7) is 1.41. The van der Waals surface area contributed by atoms with Gasteiger partial charge in [0.15, 0.2) is 11.5 Å². The lowest BCUT2D eigenvalue weighted by atomic mass is 10.1. The first kappa shape index (κ1) is 16.2. The highest BCUT2D eigenvalue weighted by Crippen LogP contribution is 2.32. The maximum atomic E-state index is 12.4. The Labute approximate surface area is 147 Å². The van der Waals surface area contributed by atoms with Crippen LogP contribution in [-0.4, -0.2) is 42.6 Å². The van der Waals surface area contributed by atoms with Gasteiger partial charge in [-0.1, -0.05) is 18.9 Å². The Morgan fingerprint density at radius 2 is 2.00 bits per heavy atom. The lowest BCUT2D eigenvalue weighted by molar-refractivity contribution is -0.130. The zero-order chi connectivity index (χ0) is 17.2. The molecule has 1 aromatic rings. The first-order valence-corrected chi connectivity index (χ1v) is 9.16. The van der Waals surface area contributed by atoms with Crippen LogP contribution in [0.15, 0.2) is 18.2 Å². The predicted molar refractivity (Wildman–Crippen MR) is 91.4 cm³/mol. The standard InChI is InChI=1S/C19H24N2O4/c22-18-10-14(11-21(18)15-3-1-2-4-15)19(23)20-8-7-13-5-6-16-17(9-13)25-12-24-16/h5-6,9,14-15H,1-4,7-8,10-12H2,(H,20,23). The van der Waals surface area contributed by atoms with Gasteiger partial charge < -0.3 is 19.7 Å². The lowest BCUT2D eigenvalue weighted by Gasteiger charge is -2.23. The third-order valence-electron chi connectivity index (χ3n) is 5.44. The molecule has 6 nitrogen and oxygen atoms in total. The van der Waals surface area contributed by atoms with Crippen LogP contribution >= 0.6 is 0 Å². The van der Waals surface area contributed by atoms with Crippen LogP contribution in [0.1, 0.15) is 37.7 Å². The predicted octanol–water partition coefficient (Wildman–Crippen LogP) is 1.87. The topological polar surface area (TPSA) is 67.9 Å². The number of nitrogens with zero attached hydrogens (tertiary/aromatic N) is 1. The number of ether oxygens (including phenoxy) is 2. The van der Waals surface area contributed by atoms with Crippen LogP contribution in [0.2, 0.25) is 0 Å². The second kappa shape index (κ2) is 6.94. The van der Waals surface area contributed by atoms with Crippen LogP contribution < -0.4 is 14.8 Å². The largest absolute Gasteiger partial charge is 0.454 e. The Hall–Kier alpha value is -2.24. The lowest BCUT2D eigenvalue weighted by Crippen LogP contribution is -2.37. The van der Waals surface area contributed by atoms with E-state index in [9.17, 15) is 9.59 Å². The van der Waals surface area contributed by atoms with Crippen LogP contribution in [-0.2, 0) is 16.0 Å². The van der Waals surface area contributed by atoms with Gasteiger partial charge in [-0.3, -0.25) is 9.59 Å². The molecule has 1 unspecified atom stereocenters. The van der Waals surface area contributed by atoms with E-state index in [0.717, 1.165) is 36.3 Å². The van der Waals surface area contributed by atoms with Crippen molar-refractivity contribution >= 4 is 11.8 Å². The van der Waals surface area contributed by atoms with Crippen molar-refractivity contribution in [1.82, 2.24) is 10.2 Å². The molecule has 0 bridgehead atoms. The Balaban J connectivity index is 1.26. The molecule has 3 aliphatic rings. The van der Waals surface area contributed by atoms with E-state index < -0.39 is 0 Å². The van der Waals surface area contributed by atoms with Crippen LogP contribution in [0.5, 0.6) is 11.5 Å². The number of hydrogen-bond acceptors (Lipinski definition) is 4. The molecule has 0 spiro atoms. The summed E-state index contributed by atoms with van der Waals surface area (Å²) in [5.41, 5.74) is 1.10. The van der Waals surface area contributed by atoms with Crippen LogP contribution in [0.3, 0.4) is 0 Å². The quantitative estimate of drug-likeness (QED) is 0.885. The first-order chi connectivity index (χ1) is 12.2. The summed E-state index contributed by atoms with van der Waals surface area (Å²) in [6, 6.07) is 6.20. The summed E-state index contributed by atoms with van der Waals surface area (Å²) in [6.07, 6.45) is 5.65. The SMILES string of the molecule is O=C(NCCc1ccc2c(c1)OCO2)C1CC(=O)N(C2CCCC2)C1. The monoisotopic (exact) mass is 344 g/mol. The number of rotatable bonds is 5. The second-order valence-corrected chi connectivity index (χ2v) is 7.11. The molecule has 2 aliphatic heterocycles. The molecule has 4 rings (SSSR count). The van der Waals surface area contributed by atoms with Gasteiger partial charge in [-0.05, 0) is 37.0 Å². The number of benzene rings is 1. The van der Waals surface area contributed by atoms with Crippen molar-refractivity contribution in [3.05, 3.63) is 23.8 Å². The van der Waals surface area contributed by atoms with Gasteiger partial charge in [0.2, 0.25) is 18.6 Å². The third-order valence-corrected chi connectivity index (χ3v) is 5.44. The van der Waals surface area contributed by atoms with Crippen LogP contribution in [0, 0.1) is 5.92 Å². The van der Waals surface area contributed by atoms with Gasteiger partial charge in [-0.2, -0.15) is 0 Å². The zero-order valence-electron chi connectivity index (χ0n) is 14.3. The van der Waals surface area contributed by atoms with Crippen molar-refractivity contribution in [2.24, 2.45) is 5.92 Å². The number of amides is 2. The van der Waals surface area contributed by atoms with Crippen molar-refractivity contribution in [2.45, 2.75) is 44.6 Å². The summed E-state index contributed by atoms with van der Waals surface area (Å²) in [7, 11) is 0. The molecule has 1 saturated heterocycles. The van der Waals surface area contributed by atoms with Gasteiger partial charge in [0.05, 0.1) is 5.92 Å². The minimum absolute atomic E-state index is 0.00501. The minimum Gasteiger partial charge on any atom is -0.454 e. The van der Waals surface area contributed by atoms with Crippen molar-refractivity contribution in [1.29, 1.82) is 0 Å². The zero-order valence-corrected chi connectivity index (χ0v) is 14.3. The molecule has 1 N–H and O–H groups in total. The second-order valence-electron chi connectivity index (χ2n) is 7.11. The van der Waals surface area contributed by atoms with E-state index in [1.807, 2.05) is 23.1 Å². The fraction of sp³-hybridized carbons (Fsp3) is 0.579. The number of nitrogens with one attached hydrogen (secondary N) is 1. The van der Waals surface area contributed by atoms with Crippen LogP contribution in [0.4, 0.5) is 0 Å². The summed E-state index contributed by atoms with van der Waals surface area (Å²) in [5.74, 6) is 1.46. The van der Waals surface area contributed by atoms with Gasteiger partial charge >= 0.3 is 0 Å². The number of carbonyl (C=O) groups is 2. The summed E-state index contributed by atoms with van der Waals surface area (Å²) >= 11 is 0. The third kappa shape index (κ3) is 3.43. The van der Waals surface area contributed by atoms with E-state index in [1.54, 1.807) is 0 Å². The number of carbonyl (C=O) groups excluding carboxylic acids is 2. The molecule has 134 valence electrons. The molecule has 6 heteroatoms. The molecule has 1 saturated carbocycles. The van der Waals surface area contributed by atoms with E-state index in [2.05, 4.69) is 5.32 Å². The number of fused-ring (bicyclic) bond motifs is 1. The number of hydrogen-bond donors (Lipinski definition) is 1. The fourth-order valence-electron chi connectivity index (χ4n) is 4.05. The molecular formula is C19H24N2O4. The summed E-state index contributed by atoms with van der Waals surface area (Å²) in [4.78, 5) is 26.5. The minimum atomic E-state index is -0.204. The highest BCUT2D eigenvalue weighted by molar-refractivity contribution is 5.89. The van der Waals surface area contributed by atoms with Crippen molar-refractivity contribution in [3.8, 4) is 11.5 Å². The van der Waals surface area contributed by atoms with E-state index in [4.69, 9.17) is 9.47 Å². The maximum Gasteiger partial charge on any atom is 0.231 e. The Morgan fingerprint density at radius 1 is 1.20 bits per heavy atom. The summed E-state index contributed by atoms with van der Waals surface area (Å²) in [5, 5.41) is 2.98. The van der Waals surface area contributed by atoms with Gasteiger partial charge in [0.1, 0.15) is 0 Å². The van der Waals surface area contributed by atoms with Crippen molar-refractivity contribution in [2.75, 3.05) is 19.9 Å². The average Bonchev–Trinajstić information content (AvgIpc) is 3.34. The van der Waals surface area contributed by atoms with Crippen molar-refractivity contribution < 1.29 is 19.1 Å².